The molecule has 1 aromatic carbocycles. The molecule has 138 valence electrons. The average Bonchev–Trinajstić information content (AvgIpc) is 2.52. The van der Waals surface area contributed by atoms with Crippen LogP contribution in [0.3, 0.4) is 0 Å². The number of halogens is 1. The summed E-state index contributed by atoms with van der Waals surface area (Å²) in [5.41, 5.74) is 0. The van der Waals surface area contributed by atoms with Crippen LogP contribution >= 0.6 is 22.6 Å². The fourth-order valence-electron chi connectivity index (χ4n) is 2.58. The molecule has 2 rings (SSSR count). The van der Waals surface area contributed by atoms with E-state index in [-0.39, 0.29) is 5.75 Å². The average molecular weight is 481 g/mol. The number of esters is 2. The van der Waals surface area contributed by atoms with Crippen LogP contribution in [-0.4, -0.2) is 36.3 Å². The van der Waals surface area contributed by atoms with Gasteiger partial charge in [-0.25, -0.2) is 8.42 Å². The van der Waals surface area contributed by atoms with E-state index in [1.165, 1.54) is 6.07 Å². The van der Waals surface area contributed by atoms with Gasteiger partial charge in [0.1, 0.15) is 22.0 Å². The highest BCUT2D eigenvalue weighted by atomic mass is 127. The van der Waals surface area contributed by atoms with E-state index in [9.17, 15) is 22.6 Å². The SMILES string of the molecule is O=C(CC(C(=O)OC1CCCCC1)S(=O)(=O)[O-])Oc1cccc(I)c1. The number of hydrogen-bond acceptors (Lipinski definition) is 7. The van der Waals surface area contributed by atoms with Crippen molar-refractivity contribution in [1.29, 1.82) is 0 Å². The van der Waals surface area contributed by atoms with E-state index in [4.69, 9.17) is 9.47 Å². The Balaban J connectivity index is 2.01. The first-order chi connectivity index (χ1) is 11.8. The van der Waals surface area contributed by atoms with Crippen LogP contribution in [0.2, 0.25) is 0 Å². The van der Waals surface area contributed by atoms with Crippen molar-refractivity contribution < 1.29 is 32.0 Å². The third kappa shape index (κ3) is 6.55. The Labute approximate surface area is 160 Å². The summed E-state index contributed by atoms with van der Waals surface area (Å²) in [7, 11) is -5.04. The van der Waals surface area contributed by atoms with Crippen molar-refractivity contribution in [2.75, 3.05) is 0 Å². The van der Waals surface area contributed by atoms with Gasteiger partial charge in [0.05, 0.1) is 6.42 Å². The van der Waals surface area contributed by atoms with Gasteiger partial charge in [-0.15, -0.1) is 0 Å². The van der Waals surface area contributed by atoms with Crippen LogP contribution in [-0.2, 0) is 24.4 Å². The summed E-state index contributed by atoms with van der Waals surface area (Å²) in [6.45, 7) is 0. The third-order valence-corrected chi connectivity index (χ3v) is 5.55. The second kappa shape index (κ2) is 8.95. The van der Waals surface area contributed by atoms with Crippen molar-refractivity contribution in [3.63, 3.8) is 0 Å². The Kier molecular flexibility index (Phi) is 7.20. The number of carbonyl (C=O) groups excluding carboxylic acids is 2. The maximum atomic E-state index is 12.1. The molecule has 1 fully saturated rings. The highest BCUT2D eigenvalue weighted by molar-refractivity contribution is 14.1. The van der Waals surface area contributed by atoms with Crippen molar-refractivity contribution >= 4 is 44.6 Å². The molecule has 1 unspecified atom stereocenters. The molecule has 0 heterocycles. The van der Waals surface area contributed by atoms with Crippen molar-refractivity contribution in [2.45, 2.75) is 49.9 Å². The second-order valence-corrected chi connectivity index (χ2v) is 8.61. The largest absolute Gasteiger partial charge is 0.747 e. The van der Waals surface area contributed by atoms with Gasteiger partial charge in [0.15, 0.2) is 5.25 Å². The number of carbonyl (C=O) groups is 2. The van der Waals surface area contributed by atoms with Crippen LogP contribution in [0.15, 0.2) is 24.3 Å². The van der Waals surface area contributed by atoms with Gasteiger partial charge < -0.3 is 14.0 Å². The molecule has 1 aromatic rings. The number of ether oxygens (including phenoxy) is 2. The second-order valence-electron chi connectivity index (χ2n) is 5.81. The highest BCUT2D eigenvalue weighted by Crippen LogP contribution is 2.22. The molecule has 9 heteroatoms. The van der Waals surface area contributed by atoms with Crippen LogP contribution in [0, 0.1) is 3.57 Å². The van der Waals surface area contributed by atoms with Crippen LogP contribution in [0.1, 0.15) is 38.5 Å². The molecule has 0 aromatic heterocycles. The molecule has 25 heavy (non-hydrogen) atoms. The third-order valence-electron chi connectivity index (χ3n) is 3.83. The van der Waals surface area contributed by atoms with Crippen LogP contribution in [0.25, 0.3) is 0 Å². The molecule has 0 aliphatic heterocycles. The van der Waals surface area contributed by atoms with Gasteiger partial charge in [0.25, 0.3) is 0 Å². The molecule has 0 saturated heterocycles. The minimum absolute atomic E-state index is 0.208. The van der Waals surface area contributed by atoms with Crippen LogP contribution in [0.4, 0.5) is 0 Å². The first-order valence-electron chi connectivity index (χ1n) is 7.87. The van der Waals surface area contributed by atoms with Gasteiger partial charge in [-0.2, -0.15) is 0 Å². The summed E-state index contributed by atoms with van der Waals surface area (Å²) in [6.07, 6.45) is 2.76. The number of benzene rings is 1. The summed E-state index contributed by atoms with van der Waals surface area (Å²) in [5, 5.41) is -2.09. The monoisotopic (exact) mass is 481 g/mol. The van der Waals surface area contributed by atoms with E-state index in [1.54, 1.807) is 18.2 Å². The summed E-state index contributed by atoms with van der Waals surface area (Å²) < 4.78 is 45.1. The van der Waals surface area contributed by atoms with E-state index in [2.05, 4.69) is 0 Å². The van der Waals surface area contributed by atoms with E-state index in [1.807, 2.05) is 22.6 Å². The molecule has 0 amide bonds. The Morgan fingerprint density at radius 3 is 2.52 bits per heavy atom. The topological polar surface area (TPSA) is 110 Å². The first-order valence-corrected chi connectivity index (χ1v) is 10.4. The minimum atomic E-state index is -5.04. The predicted molar refractivity (Wildman–Crippen MR) is 95.9 cm³/mol. The fraction of sp³-hybridized carbons (Fsp3) is 0.500. The molecule has 1 aliphatic rings. The molecule has 0 bridgehead atoms. The lowest BCUT2D eigenvalue weighted by Crippen LogP contribution is -2.37. The number of hydrogen-bond donors (Lipinski definition) is 0. The van der Waals surface area contributed by atoms with Gasteiger partial charge in [-0.05, 0) is 66.5 Å². The molecule has 0 radical (unpaired) electrons. The zero-order valence-corrected chi connectivity index (χ0v) is 16.3. The predicted octanol–water partition coefficient (Wildman–Crippen LogP) is 2.38. The van der Waals surface area contributed by atoms with Crippen LogP contribution in [0.5, 0.6) is 5.75 Å². The standard InChI is InChI=1S/C16H19IO7S/c17-11-5-4-8-13(9-11)23-15(18)10-14(25(20,21)22)16(19)24-12-6-2-1-3-7-12/h4-5,8-9,12,14H,1-3,6-7,10H2,(H,20,21,22)/p-1. The molecule has 0 spiro atoms. The molecule has 1 aliphatic carbocycles. The zero-order chi connectivity index (χ0) is 18.4. The lowest BCUT2D eigenvalue weighted by Gasteiger charge is -2.25. The maximum absolute atomic E-state index is 12.1. The van der Waals surface area contributed by atoms with E-state index >= 15 is 0 Å². The molecule has 1 saturated carbocycles. The molecular formula is C16H18IO7S-. The Morgan fingerprint density at radius 1 is 1.24 bits per heavy atom. The Morgan fingerprint density at radius 2 is 1.92 bits per heavy atom. The summed E-state index contributed by atoms with van der Waals surface area (Å²) in [5.74, 6) is -1.95. The lowest BCUT2D eigenvalue weighted by atomic mass is 9.98. The van der Waals surface area contributed by atoms with Gasteiger partial charge >= 0.3 is 11.9 Å². The van der Waals surface area contributed by atoms with Crippen molar-refractivity contribution in [3.05, 3.63) is 27.8 Å². The van der Waals surface area contributed by atoms with Gasteiger partial charge in [-0.3, -0.25) is 9.59 Å². The number of rotatable bonds is 6. The molecule has 7 nitrogen and oxygen atoms in total. The molecule has 0 N–H and O–H groups in total. The van der Waals surface area contributed by atoms with Crippen molar-refractivity contribution in [1.82, 2.24) is 0 Å². The summed E-state index contributed by atoms with van der Waals surface area (Å²) >= 11 is 2.02. The first kappa shape index (κ1) is 20.1. The molecular weight excluding hydrogens is 463 g/mol. The van der Waals surface area contributed by atoms with Crippen molar-refractivity contribution in [3.8, 4) is 5.75 Å². The van der Waals surface area contributed by atoms with Crippen molar-refractivity contribution in [2.24, 2.45) is 0 Å². The van der Waals surface area contributed by atoms with E-state index in [0.717, 1.165) is 22.8 Å². The lowest BCUT2D eigenvalue weighted by molar-refractivity contribution is -0.152. The van der Waals surface area contributed by atoms with Gasteiger partial charge in [0, 0.05) is 3.57 Å². The van der Waals surface area contributed by atoms with E-state index in [0.29, 0.717) is 12.8 Å². The zero-order valence-electron chi connectivity index (χ0n) is 13.4. The van der Waals surface area contributed by atoms with Gasteiger partial charge in [-0.1, -0.05) is 12.5 Å². The smallest absolute Gasteiger partial charge is 0.324 e. The summed E-state index contributed by atoms with van der Waals surface area (Å²) in [4.78, 5) is 24.0. The van der Waals surface area contributed by atoms with Gasteiger partial charge in [0.2, 0.25) is 0 Å². The Bertz CT molecular complexity index is 726. The highest BCUT2D eigenvalue weighted by Gasteiger charge is 2.32. The quantitative estimate of drug-likeness (QED) is 0.266. The molecule has 1 atom stereocenters. The van der Waals surface area contributed by atoms with Crippen LogP contribution < -0.4 is 4.74 Å². The minimum Gasteiger partial charge on any atom is -0.747 e. The van der Waals surface area contributed by atoms with E-state index < -0.39 is 39.8 Å². The maximum Gasteiger partial charge on any atom is 0.324 e. The Hall–Kier alpha value is -1.20. The fourth-order valence-corrected chi connectivity index (χ4v) is 3.73. The summed E-state index contributed by atoms with van der Waals surface area (Å²) in [6, 6.07) is 6.52. The normalized spacial score (nSPS) is 16.9.